The molecule has 2 aliphatic rings. The molecule has 6 heteroatoms. The van der Waals surface area contributed by atoms with E-state index < -0.39 is 0 Å². The molecule has 0 spiro atoms. The maximum atomic E-state index is 12.3. The number of rotatable bonds is 5. The summed E-state index contributed by atoms with van der Waals surface area (Å²) in [6, 6.07) is 10.4. The average molecular weight is 342 g/mol. The lowest BCUT2D eigenvalue weighted by Crippen LogP contribution is -2.30. The van der Waals surface area contributed by atoms with E-state index in [4.69, 9.17) is 0 Å². The highest BCUT2D eigenvalue weighted by Crippen LogP contribution is 2.40. The van der Waals surface area contributed by atoms with Gasteiger partial charge in [-0.2, -0.15) is 0 Å². The second-order valence-corrected chi connectivity index (χ2v) is 7.75. The zero-order chi connectivity index (χ0) is 16.4. The van der Waals surface area contributed by atoms with Crippen LogP contribution in [-0.4, -0.2) is 32.5 Å². The van der Waals surface area contributed by atoms with Crippen LogP contribution in [0.25, 0.3) is 0 Å². The Morgan fingerprint density at radius 2 is 1.96 bits per heavy atom. The van der Waals surface area contributed by atoms with Gasteiger partial charge in [0.05, 0.1) is 11.8 Å². The number of carbonyl (C=O) groups is 1. The van der Waals surface area contributed by atoms with E-state index in [0.29, 0.717) is 5.92 Å². The van der Waals surface area contributed by atoms with Gasteiger partial charge in [-0.25, -0.2) is 0 Å². The predicted molar refractivity (Wildman–Crippen MR) is 94.0 cm³/mol. The highest BCUT2D eigenvalue weighted by Gasteiger charge is 2.32. The molecular weight excluding hydrogens is 320 g/mol. The van der Waals surface area contributed by atoms with E-state index in [1.54, 1.807) is 11.8 Å². The summed E-state index contributed by atoms with van der Waals surface area (Å²) in [5.41, 5.74) is 1.24. The third kappa shape index (κ3) is 3.48. The second kappa shape index (κ2) is 6.97. The lowest BCUT2D eigenvalue weighted by Gasteiger charge is -2.14. The molecule has 2 aromatic rings. The van der Waals surface area contributed by atoms with Crippen LogP contribution in [0.3, 0.4) is 0 Å². The molecule has 1 atom stereocenters. The van der Waals surface area contributed by atoms with Crippen molar-refractivity contribution >= 4 is 17.7 Å². The zero-order valence-corrected chi connectivity index (χ0v) is 14.5. The summed E-state index contributed by atoms with van der Waals surface area (Å²) < 4.78 is 2.22. The second-order valence-electron chi connectivity index (χ2n) is 6.58. The van der Waals surface area contributed by atoms with Gasteiger partial charge in [-0.1, -0.05) is 48.5 Å². The molecule has 4 rings (SSSR count). The number of amides is 1. The first-order valence-electron chi connectivity index (χ1n) is 8.72. The van der Waals surface area contributed by atoms with Crippen molar-refractivity contribution in [2.75, 3.05) is 6.54 Å². The van der Waals surface area contributed by atoms with E-state index in [9.17, 15) is 4.79 Å². The van der Waals surface area contributed by atoms with Crippen molar-refractivity contribution < 1.29 is 4.79 Å². The molecule has 1 saturated carbocycles. The van der Waals surface area contributed by atoms with Gasteiger partial charge in [0.25, 0.3) is 0 Å². The van der Waals surface area contributed by atoms with Gasteiger partial charge in [0.15, 0.2) is 5.16 Å². The fraction of sp³-hybridized carbons (Fsp3) is 0.500. The minimum atomic E-state index is -0.0572. The molecule has 0 radical (unpaired) electrons. The van der Waals surface area contributed by atoms with Crippen LogP contribution in [0.5, 0.6) is 0 Å². The third-order valence-corrected chi connectivity index (χ3v) is 5.85. The topological polar surface area (TPSA) is 59.8 Å². The van der Waals surface area contributed by atoms with Crippen LogP contribution in [0, 0.1) is 0 Å². The smallest absolute Gasteiger partial charge is 0.233 e. The molecule has 0 bridgehead atoms. The predicted octanol–water partition coefficient (Wildman–Crippen LogP) is 2.96. The quantitative estimate of drug-likeness (QED) is 0.907. The Hall–Kier alpha value is -1.82. The molecule has 1 N–H and O–H groups in total. The number of thioether (sulfide) groups is 1. The Kier molecular flexibility index (Phi) is 4.56. The van der Waals surface area contributed by atoms with Crippen molar-refractivity contribution in [1.82, 2.24) is 20.1 Å². The fourth-order valence-electron chi connectivity index (χ4n) is 3.10. The first kappa shape index (κ1) is 15.7. The number of benzene rings is 1. The molecular formula is C18H22N4OS. The molecule has 1 aliphatic carbocycles. The summed E-state index contributed by atoms with van der Waals surface area (Å²) in [5, 5.41) is 12.7. The van der Waals surface area contributed by atoms with E-state index >= 15 is 0 Å². The molecule has 1 amide bonds. The van der Waals surface area contributed by atoms with E-state index in [-0.39, 0.29) is 11.2 Å². The Labute approximate surface area is 146 Å². The summed E-state index contributed by atoms with van der Waals surface area (Å²) in [6.07, 6.45) is 5.45. The van der Waals surface area contributed by atoms with E-state index in [1.165, 1.54) is 18.4 Å². The van der Waals surface area contributed by atoms with Gasteiger partial charge in [0, 0.05) is 12.5 Å². The van der Waals surface area contributed by atoms with E-state index in [2.05, 4.69) is 44.3 Å². The van der Waals surface area contributed by atoms with Crippen LogP contribution in [0.1, 0.15) is 49.4 Å². The Balaban J connectivity index is 1.59. The van der Waals surface area contributed by atoms with E-state index in [1.807, 2.05) is 6.07 Å². The van der Waals surface area contributed by atoms with Crippen LogP contribution in [-0.2, 0) is 11.3 Å². The molecule has 1 aromatic heterocycles. The van der Waals surface area contributed by atoms with Gasteiger partial charge in [0.1, 0.15) is 5.82 Å². The molecule has 1 aromatic carbocycles. The summed E-state index contributed by atoms with van der Waals surface area (Å²) in [4.78, 5) is 12.3. The van der Waals surface area contributed by atoms with Crippen molar-refractivity contribution in [2.24, 2.45) is 0 Å². The maximum Gasteiger partial charge on any atom is 0.233 e. The molecule has 1 saturated heterocycles. The van der Waals surface area contributed by atoms with Gasteiger partial charge in [-0.15, -0.1) is 10.2 Å². The molecule has 1 aliphatic heterocycles. The first-order valence-corrected chi connectivity index (χ1v) is 9.60. The third-order valence-electron chi connectivity index (χ3n) is 4.60. The van der Waals surface area contributed by atoms with Gasteiger partial charge in [-0.05, 0) is 31.2 Å². The molecule has 126 valence electrons. The van der Waals surface area contributed by atoms with Gasteiger partial charge in [0.2, 0.25) is 5.91 Å². The Morgan fingerprint density at radius 1 is 1.12 bits per heavy atom. The molecule has 5 nitrogen and oxygen atoms in total. The first-order chi connectivity index (χ1) is 11.8. The van der Waals surface area contributed by atoms with Crippen LogP contribution < -0.4 is 5.32 Å². The zero-order valence-electron chi connectivity index (χ0n) is 13.6. The summed E-state index contributed by atoms with van der Waals surface area (Å²) in [5.74, 6) is 1.76. The van der Waals surface area contributed by atoms with Crippen LogP contribution >= 0.6 is 11.8 Å². The largest absolute Gasteiger partial charge is 0.355 e. The van der Waals surface area contributed by atoms with Crippen LogP contribution in [0.4, 0.5) is 0 Å². The monoisotopic (exact) mass is 342 g/mol. The standard InChI is InChI=1S/C18H22N4OS/c23-17-15(8-4-5-11-19-17)24-18-21-20-16(14-9-10-14)22(18)12-13-6-2-1-3-7-13/h1-3,6-7,14-15H,4-5,8-12H2,(H,19,23)/t15-/m1/s1. The highest BCUT2D eigenvalue weighted by atomic mass is 32.2. The number of hydrogen-bond donors (Lipinski definition) is 1. The Bertz CT molecular complexity index is 711. The van der Waals surface area contributed by atoms with Gasteiger partial charge < -0.3 is 9.88 Å². The molecule has 2 heterocycles. The number of nitrogens with one attached hydrogen (secondary N) is 1. The van der Waals surface area contributed by atoms with Crippen molar-refractivity contribution in [3.63, 3.8) is 0 Å². The lowest BCUT2D eigenvalue weighted by atomic mass is 10.2. The van der Waals surface area contributed by atoms with E-state index in [0.717, 1.165) is 43.3 Å². The maximum absolute atomic E-state index is 12.3. The highest BCUT2D eigenvalue weighted by molar-refractivity contribution is 8.00. The number of carbonyl (C=O) groups excluding carboxylic acids is 1. The molecule has 2 fully saturated rings. The molecule has 24 heavy (non-hydrogen) atoms. The Morgan fingerprint density at radius 3 is 2.75 bits per heavy atom. The summed E-state index contributed by atoms with van der Waals surface area (Å²) in [7, 11) is 0. The van der Waals surface area contributed by atoms with Gasteiger partial charge in [-0.3, -0.25) is 4.79 Å². The minimum absolute atomic E-state index is 0.0572. The van der Waals surface area contributed by atoms with Crippen LogP contribution in [0.2, 0.25) is 0 Å². The number of aromatic nitrogens is 3. The van der Waals surface area contributed by atoms with Crippen molar-refractivity contribution in [1.29, 1.82) is 0 Å². The average Bonchev–Trinajstić information content (AvgIpc) is 3.39. The summed E-state index contributed by atoms with van der Waals surface area (Å²) >= 11 is 1.58. The lowest BCUT2D eigenvalue weighted by molar-refractivity contribution is -0.120. The fourth-order valence-corrected chi connectivity index (χ4v) is 4.20. The molecule has 0 unspecified atom stereocenters. The number of hydrogen-bond acceptors (Lipinski definition) is 4. The SMILES string of the molecule is O=C1NCCCC[C@H]1Sc1nnc(C2CC2)n1Cc1ccccc1. The van der Waals surface area contributed by atoms with Crippen LogP contribution in [0.15, 0.2) is 35.5 Å². The van der Waals surface area contributed by atoms with Crippen molar-refractivity contribution in [3.05, 3.63) is 41.7 Å². The van der Waals surface area contributed by atoms with Crippen molar-refractivity contribution in [2.45, 2.75) is 55.0 Å². The number of nitrogens with zero attached hydrogens (tertiary/aromatic N) is 3. The van der Waals surface area contributed by atoms with Gasteiger partial charge >= 0.3 is 0 Å². The normalized spacial score (nSPS) is 21.3. The minimum Gasteiger partial charge on any atom is -0.355 e. The summed E-state index contributed by atoms with van der Waals surface area (Å²) in [6.45, 7) is 1.57. The van der Waals surface area contributed by atoms with Crippen molar-refractivity contribution in [3.8, 4) is 0 Å².